The van der Waals surface area contributed by atoms with Crippen molar-refractivity contribution in [2.24, 2.45) is 0 Å². The summed E-state index contributed by atoms with van der Waals surface area (Å²) in [5.41, 5.74) is 0. The molecule has 0 aliphatic rings. The predicted molar refractivity (Wildman–Crippen MR) is 166 cm³/mol. The number of ether oxygens (including phenoxy) is 1. The van der Waals surface area contributed by atoms with E-state index >= 15 is 0 Å². The van der Waals surface area contributed by atoms with Gasteiger partial charge in [0.05, 0.1) is 0 Å². The molecule has 0 heterocycles. The van der Waals surface area contributed by atoms with Crippen LogP contribution >= 0.6 is 0 Å². The molecule has 0 amide bonds. The molecule has 0 N–H and O–H groups in total. The van der Waals surface area contributed by atoms with Crippen molar-refractivity contribution in [3.8, 4) is 0 Å². The molecule has 0 bridgehead atoms. The van der Waals surface area contributed by atoms with Crippen LogP contribution in [0.1, 0.15) is 181 Å². The number of hydrogen-bond donors (Lipinski definition) is 0. The molecule has 0 unspecified atom stereocenters. The number of unbranched alkanes of at least 4 members (excludes halogenated alkanes) is 21. The zero-order chi connectivity index (χ0) is 25.7. The maximum atomic E-state index is 11.8. The van der Waals surface area contributed by atoms with E-state index in [2.05, 4.69) is 26.0 Å². The predicted octanol–water partition coefficient (Wildman–Crippen LogP) is 9.50. The van der Waals surface area contributed by atoms with Crippen LogP contribution in [0.2, 0.25) is 0 Å². The van der Waals surface area contributed by atoms with E-state index in [-0.39, 0.29) is 71.1 Å². The van der Waals surface area contributed by atoms with Gasteiger partial charge < -0.3 is 4.74 Å². The number of esters is 2. The number of hydrogen-bond acceptors (Lipinski definition) is 3. The summed E-state index contributed by atoms with van der Waals surface area (Å²) in [6.07, 6.45) is 35.3. The van der Waals surface area contributed by atoms with E-state index in [0.717, 1.165) is 32.1 Å². The summed E-state index contributed by atoms with van der Waals surface area (Å²) in [6.45, 7) is 4.52. The molecule has 210 valence electrons. The number of allylic oxidation sites excluding steroid dienone is 2. The molecular weight excluding hydrogens is 478 g/mol. The SMILES string of the molecule is CCCCCCCC/C=C\CCCCCCCC(=O)OC(=O)CCCCCCCCCCCCC.[NaH].[NaH]. The third-order valence-electron chi connectivity index (χ3n) is 6.85. The Morgan fingerprint density at radius 3 is 1.03 bits per heavy atom. The van der Waals surface area contributed by atoms with Crippen LogP contribution < -0.4 is 0 Å². The monoisotopic (exact) mass is 540 g/mol. The molecule has 0 spiro atoms. The molecule has 0 aromatic carbocycles. The normalized spacial score (nSPS) is 10.8. The quantitative estimate of drug-likeness (QED) is 0.0342. The number of rotatable bonds is 27. The van der Waals surface area contributed by atoms with E-state index in [9.17, 15) is 9.59 Å². The van der Waals surface area contributed by atoms with Crippen LogP contribution in [-0.2, 0) is 14.3 Å². The van der Waals surface area contributed by atoms with Gasteiger partial charge in [0.1, 0.15) is 0 Å². The standard InChI is InChI=1S/C32H60O3.2Na.2H/c1-3-5-7-9-11-13-15-16-17-18-20-22-24-26-28-30-32(34)35-31(33)29-27-25-23-21-19-14-12-10-8-6-4-2;;;;/h16-17H,3-15,18-30H2,1-2H3;;;;/b17-16-;;;;. The van der Waals surface area contributed by atoms with Gasteiger partial charge in [-0.15, -0.1) is 0 Å². The fourth-order valence-electron chi connectivity index (χ4n) is 4.50. The second kappa shape index (κ2) is 36.9. The maximum absolute atomic E-state index is 11.8. The first kappa shape index (κ1) is 42.3. The van der Waals surface area contributed by atoms with Gasteiger partial charge in [-0.25, -0.2) is 0 Å². The first-order valence-corrected chi connectivity index (χ1v) is 15.6. The summed E-state index contributed by atoms with van der Waals surface area (Å²) in [5.74, 6) is -0.672. The average molecular weight is 541 g/mol. The topological polar surface area (TPSA) is 43.4 Å². The first-order valence-electron chi connectivity index (χ1n) is 15.6. The fourth-order valence-corrected chi connectivity index (χ4v) is 4.50. The van der Waals surface area contributed by atoms with Crippen molar-refractivity contribution in [2.45, 2.75) is 181 Å². The van der Waals surface area contributed by atoms with Crippen LogP contribution in [-0.4, -0.2) is 71.1 Å². The molecule has 3 nitrogen and oxygen atoms in total. The Morgan fingerprint density at radius 1 is 0.432 bits per heavy atom. The van der Waals surface area contributed by atoms with Gasteiger partial charge in [-0.3, -0.25) is 9.59 Å². The zero-order valence-corrected chi connectivity index (χ0v) is 23.8. The van der Waals surface area contributed by atoms with Gasteiger partial charge >= 0.3 is 71.1 Å². The van der Waals surface area contributed by atoms with Crippen LogP contribution in [0.4, 0.5) is 0 Å². The van der Waals surface area contributed by atoms with Gasteiger partial charge in [0.25, 0.3) is 0 Å². The van der Waals surface area contributed by atoms with Crippen molar-refractivity contribution in [3.63, 3.8) is 0 Å². The van der Waals surface area contributed by atoms with E-state index in [0.29, 0.717) is 12.8 Å². The van der Waals surface area contributed by atoms with Crippen molar-refractivity contribution in [1.82, 2.24) is 0 Å². The third kappa shape index (κ3) is 36.9. The minimum atomic E-state index is -0.337. The van der Waals surface area contributed by atoms with Crippen molar-refractivity contribution in [3.05, 3.63) is 12.2 Å². The van der Waals surface area contributed by atoms with E-state index < -0.39 is 0 Å². The van der Waals surface area contributed by atoms with Crippen LogP contribution in [0.25, 0.3) is 0 Å². The van der Waals surface area contributed by atoms with Crippen LogP contribution in [0.3, 0.4) is 0 Å². The van der Waals surface area contributed by atoms with Gasteiger partial charge in [0, 0.05) is 12.8 Å². The number of carbonyl (C=O) groups is 2. The Hall–Kier alpha value is 0.880. The van der Waals surface area contributed by atoms with E-state index in [4.69, 9.17) is 4.74 Å². The summed E-state index contributed by atoms with van der Waals surface area (Å²) in [5, 5.41) is 0. The fraction of sp³-hybridized carbons (Fsp3) is 0.875. The summed E-state index contributed by atoms with van der Waals surface area (Å²) < 4.78 is 4.97. The van der Waals surface area contributed by atoms with Crippen LogP contribution in [0, 0.1) is 0 Å². The van der Waals surface area contributed by atoms with Crippen molar-refractivity contribution in [1.29, 1.82) is 0 Å². The summed E-state index contributed by atoms with van der Waals surface area (Å²) in [4.78, 5) is 23.7. The molecule has 0 aromatic rings. The molecule has 0 fully saturated rings. The van der Waals surface area contributed by atoms with Crippen molar-refractivity contribution in [2.75, 3.05) is 0 Å². The second-order valence-corrected chi connectivity index (χ2v) is 10.5. The molecular formula is C32H62Na2O3. The summed E-state index contributed by atoms with van der Waals surface area (Å²) >= 11 is 0. The van der Waals surface area contributed by atoms with E-state index in [1.807, 2.05) is 0 Å². The van der Waals surface area contributed by atoms with Gasteiger partial charge in [-0.1, -0.05) is 142 Å². The zero-order valence-electron chi connectivity index (χ0n) is 23.8. The molecule has 0 aromatic heterocycles. The van der Waals surface area contributed by atoms with Gasteiger partial charge in [-0.2, -0.15) is 0 Å². The molecule has 0 aliphatic carbocycles. The van der Waals surface area contributed by atoms with Crippen LogP contribution in [0.15, 0.2) is 12.2 Å². The van der Waals surface area contributed by atoms with E-state index in [1.165, 1.54) is 122 Å². The van der Waals surface area contributed by atoms with E-state index in [1.54, 1.807) is 0 Å². The van der Waals surface area contributed by atoms with Gasteiger partial charge in [0.2, 0.25) is 0 Å². The third-order valence-corrected chi connectivity index (χ3v) is 6.85. The Kier molecular flexibility index (Phi) is 42.2. The Morgan fingerprint density at radius 2 is 0.703 bits per heavy atom. The molecule has 0 radical (unpaired) electrons. The Balaban J connectivity index is -0.00000578. The molecule has 0 rings (SSSR count). The Labute approximate surface area is 276 Å². The molecule has 0 aliphatic heterocycles. The second-order valence-electron chi connectivity index (χ2n) is 10.5. The molecule has 0 saturated heterocycles. The average Bonchev–Trinajstić information content (AvgIpc) is 2.85. The molecule has 0 atom stereocenters. The van der Waals surface area contributed by atoms with Gasteiger partial charge in [0.15, 0.2) is 0 Å². The van der Waals surface area contributed by atoms with Crippen molar-refractivity contribution >= 4 is 71.1 Å². The minimum absolute atomic E-state index is 0. The van der Waals surface area contributed by atoms with Gasteiger partial charge in [-0.05, 0) is 38.5 Å². The summed E-state index contributed by atoms with van der Waals surface area (Å²) in [7, 11) is 0. The van der Waals surface area contributed by atoms with Crippen molar-refractivity contribution < 1.29 is 14.3 Å². The number of carbonyl (C=O) groups excluding carboxylic acids is 2. The molecule has 0 saturated carbocycles. The summed E-state index contributed by atoms with van der Waals surface area (Å²) in [6, 6.07) is 0. The Bertz CT molecular complexity index is 494. The van der Waals surface area contributed by atoms with Crippen LogP contribution in [0.5, 0.6) is 0 Å². The molecule has 5 heteroatoms. The molecule has 37 heavy (non-hydrogen) atoms. The first-order chi connectivity index (χ1) is 17.2.